The molecule has 2 saturated carbocycles. The van der Waals surface area contributed by atoms with Crippen LogP contribution in [0.2, 0.25) is 0 Å². The summed E-state index contributed by atoms with van der Waals surface area (Å²) in [5.74, 6) is 0.555. The molecule has 0 heterocycles. The topological polar surface area (TPSA) is 84.2 Å². The summed E-state index contributed by atoms with van der Waals surface area (Å²) in [7, 11) is 0. The Morgan fingerprint density at radius 3 is 2.33 bits per heavy atom. The predicted molar refractivity (Wildman–Crippen MR) is 85.1 cm³/mol. The summed E-state index contributed by atoms with van der Waals surface area (Å²) in [6, 6.07) is -0.420. The molecule has 2 fully saturated rings. The first-order valence-electron chi connectivity index (χ1n) is 7.91. The molecule has 2 aliphatic rings. The van der Waals surface area contributed by atoms with Gasteiger partial charge in [-0.2, -0.15) is 0 Å². The minimum atomic E-state index is -0.476. The van der Waals surface area contributed by atoms with Gasteiger partial charge in [0, 0.05) is 18.5 Å². The van der Waals surface area contributed by atoms with Crippen LogP contribution in [0.3, 0.4) is 0 Å². The van der Waals surface area contributed by atoms with Crippen molar-refractivity contribution in [1.29, 1.82) is 0 Å². The highest BCUT2D eigenvalue weighted by atomic mass is 35.5. The van der Waals surface area contributed by atoms with Crippen molar-refractivity contribution >= 4 is 24.2 Å². The van der Waals surface area contributed by atoms with Crippen molar-refractivity contribution < 1.29 is 9.59 Å². The molecule has 2 amide bonds. The standard InChI is InChI=1S/C15H27N3O2.ClH/c1-10(14(19)17-9-13(16)11-7-8-11)18-15(20)12-5-3-2-4-6-12;/h10-13H,2-9,16H2,1H3,(H,17,19)(H,18,20);1H/t10-,13?;/m0./s1. The van der Waals surface area contributed by atoms with Crippen LogP contribution in [-0.2, 0) is 9.59 Å². The van der Waals surface area contributed by atoms with E-state index in [1.165, 1.54) is 19.3 Å². The van der Waals surface area contributed by atoms with Crippen LogP contribution in [0.5, 0.6) is 0 Å². The maximum Gasteiger partial charge on any atom is 0.242 e. The molecule has 6 heteroatoms. The molecule has 0 saturated heterocycles. The van der Waals surface area contributed by atoms with Crippen LogP contribution in [0.1, 0.15) is 51.9 Å². The van der Waals surface area contributed by atoms with Gasteiger partial charge in [0.2, 0.25) is 11.8 Å². The highest BCUT2D eigenvalue weighted by molar-refractivity contribution is 5.88. The largest absolute Gasteiger partial charge is 0.353 e. The Morgan fingerprint density at radius 2 is 1.76 bits per heavy atom. The lowest BCUT2D eigenvalue weighted by atomic mass is 9.88. The van der Waals surface area contributed by atoms with E-state index < -0.39 is 6.04 Å². The van der Waals surface area contributed by atoms with E-state index in [4.69, 9.17) is 5.73 Å². The van der Waals surface area contributed by atoms with Gasteiger partial charge >= 0.3 is 0 Å². The molecule has 0 spiro atoms. The zero-order valence-electron chi connectivity index (χ0n) is 12.8. The minimum Gasteiger partial charge on any atom is -0.353 e. The molecule has 21 heavy (non-hydrogen) atoms. The van der Waals surface area contributed by atoms with Crippen molar-refractivity contribution in [1.82, 2.24) is 10.6 Å². The van der Waals surface area contributed by atoms with Gasteiger partial charge in [0.05, 0.1) is 0 Å². The number of hydrogen-bond acceptors (Lipinski definition) is 3. The Morgan fingerprint density at radius 1 is 1.14 bits per heavy atom. The first-order chi connectivity index (χ1) is 9.58. The molecule has 122 valence electrons. The third-order valence-electron chi connectivity index (χ3n) is 4.47. The quantitative estimate of drug-likeness (QED) is 0.691. The number of halogens is 1. The molecule has 2 atom stereocenters. The van der Waals surface area contributed by atoms with Crippen molar-refractivity contribution in [3.63, 3.8) is 0 Å². The van der Waals surface area contributed by atoms with E-state index >= 15 is 0 Å². The SMILES string of the molecule is C[C@H](NC(=O)C1CCCCC1)C(=O)NCC(N)C1CC1.Cl. The van der Waals surface area contributed by atoms with E-state index in [2.05, 4.69) is 10.6 Å². The maximum absolute atomic E-state index is 12.1. The summed E-state index contributed by atoms with van der Waals surface area (Å²) < 4.78 is 0. The average molecular weight is 318 g/mol. The van der Waals surface area contributed by atoms with Crippen molar-refractivity contribution in [2.45, 2.75) is 64.0 Å². The third kappa shape index (κ3) is 5.83. The predicted octanol–water partition coefficient (Wildman–Crippen LogP) is 1.35. The van der Waals surface area contributed by atoms with Crippen LogP contribution in [-0.4, -0.2) is 30.4 Å². The number of hydrogen-bond donors (Lipinski definition) is 3. The number of amides is 2. The summed E-state index contributed by atoms with van der Waals surface area (Å²) in [4.78, 5) is 24.0. The highest BCUT2D eigenvalue weighted by Crippen LogP contribution is 2.31. The summed E-state index contributed by atoms with van der Waals surface area (Å²) in [6.07, 6.45) is 7.71. The van der Waals surface area contributed by atoms with Crippen molar-refractivity contribution in [2.75, 3.05) is 6.54 Å². The maximum atomic E-state index is 12.1. The molecule has 2 rings (SSSR count). The Kier molecular flexibility index (Phi) is 7.46. The zero-order chi connectivity index (χ0) is 14.5. The van der Waals surface area contributed by atoms with E-state index in [0.29, 0.717) is 12.5 Å². The normalized spacial score (nSPS) is 21.8. The van der Waals surface area contributed by atoms with Gasteiger partial charge in [0.15, 0.2) is 0 Å². The van der Waals surface area contributed by atoms with Crippen LogP contribution in [0.4, 0.5) is 0 Å². The van der Waals surface area contributed by atoms with E-state index in [1.807, 2.05) is 0 Å². The Balaban J connectivity index is 0.00000220. The van der Waals surface area contributed by atoms with E-state index in [-0.39, 0.29) is 36.2 Å². The average Bonchev–Trinajstić information content (AvgIpc) is 3.29. The summed E-state index contributed by atoms with van der Waals surface area (Å²) in [6.45, 7) is 2.24. The molecule has 1 unspecified atom stereocenters. The van der Waals surface area contributed by atoms with E-state index in [1.54, 1.807) is 6.92 Å². The molecule has 4 N–H and O–H groups in total. The Bertz CT molecular complexity index is 355. The lowest BCUT2D eigenvalue weighted by Crippen LogP contribution is -2.49. The van der Waals surface area contributed by atoms with Gasteiger partial charge in [-0.25, -0.2) is 0 Å². The van der Waals surface area contributed by atoms with Gasteiger partial charge in [-0.1, -0.05) is 19.3 Å². The molecular formula is C15H28ClN3O2. The first-order valence-corrected chi connectivity index (χ1v) is 7.91. The summed E-state index contributed by atoms with van der Waals surface area (Å²) in [5.41, 5.74) is 5.94. The van der Waals surface area contributed by atoms with Crippen molar-refractivity contribution in [2.24, 2.45) is 17.6 Å². The van der Waals surface area contributed by atoms with Crippen LogP contribution in [0, 0.1) is 11.8 Å². The van der Waals surface area contributed by atoms with Crippen LogP contribution >= 0.6 is 12.4 Å². The first kappa shape index (κ1) is 18.2. The van der Waals surface area contributed by atoms with Gasteiger partial charge in [-0.05, 0) is 38.5 Å². The molecule has 0 radical (unpaired) electrons. The number of nitrogens with two attached hydrogens (primary N) is 1. The molecule has 0 aromatic heterocycles. The second-order valence-electron chi connectivity index (χ2n) is 6.31. The molecule has 0 aromatic carbocycles. The zero-order valence-corrected chi connectivity index (χ0v) is 13.6. The fourth-order valence-corrected chi connectivity index (χ4v) is 2.82. The van der Waals surface area contributed by atoms with Crippen molar-refractivity contribution in [3.05, 3.63) is 0 Å². The molecule has 2 aliphatic carbocycles. The smallest absolute Gasteiger partial charge is 0.242 e. The number of rotatable bonds is 6. The lowest BCUT2D eigenvalue weighted by molar-refractivity contribution is -0.131. The van der Waals surface area contributed by atoms with Gasteiger partial charge in [-0.15, -0.1) is 12.4 Å². The molecule has 5 nitrogen and oxygen atoms in total. The summed E-state index contributed by atoms with van der Waals surface area (Å²) in [5, 5.41) is 5.66. The van der Waals surface area contributed by atoms with Gasteiger partial charge in [0.1, 0.15) is 6.04 Å². The molecular weight excluding hydrogens is 290 g/mol. The van der Waals surface area contributed by atoms with Gasteiger partial charge in [-0.3, -0.25) is 9.59 Å². The number of nitrogens with one attached hydrogen (secondary N) is 2. The van der Waals surface area contributed by atoms with Gasteiger partial charge < -0.3 is 16.4 Å². The third-order valence-corrected chi connectivity index (χ3v) is 4.47. The van der Waals surface area contributed by atoms with E-state index in [9.17, 15) is 9.59 Å². The van der Waals surface area contributed by atoms with Crippen LogP contribution in [0.15, 0.2) is 0 Å². The Labute approximate surface area is 133 Å². The van der Waals surface area contributed by atoms with Crippen LogP contribution in [0.25, 0.3) is 0 Å². The van der Waals surface area contributed by atoms with E-state index in [0.717, 1.165) is 25.7 Å². The minimum absolute atomic E-state index is 0. The Hall–Kier alpha value is -0.810. The highest BCUT2D eigenvalue weighted by Gasteiger charge is 2.29. The summed E-state index contributed by atoms with van der Waals surface area (Å²) >= 11 is 0. The van der Waals surface area contributed by atoms with Crippen molar-refractivity contribution in [3.8, 4) is 0 Å². The number of carbonyl (C=O) groups excluding carboxylic acids is 2. The fourth-order valence-electron chi connectivity index (χ4n) is 2.82. The second-order valence-corrected chi connectivity index (χ2v) is 6.31. The van der Waals surface area contributed by atoms with Gasteiger partial charge in [0.25, 0.3) is 0 Å². The molecule has 0 bridgehead atoms. The lowest BCUT2D eigenvalue weighted by Gasteiger charge is -2.23. The second kappa shape index (κ2) is 8.59. The monoisotopic (exact) mass is 317 g/mol. The fraction of sp³-hybridized carbons (Fsp3) is 0.867. The number of carbonyl (C=O) groups is 2. The molecule has 0 aliphatic heterocycles. The van der Waals surface area contributed by atoms with Crippen LogP contribution < -0.4 is 16.4 Å². The molecule has 0 aromatic rings.